The highest BCUT2D eigenvalue weighted by atomic mass is 79.9. The number of rotatable bonds is 5. The van der Waals surface area contributed by atoms with Gasteiger partial charge in [-0.15, -0.1) is 0 Å². The third-order valence-corrected chi connectivity index (χ3v) is 2.73. The summed E-state index contributed by atoms with van der Waals surface area (Å²) in [5.41, 5.74) is 0.0423. The highest BCUT2D eigenvalue weighted by molar-refractivity contribution is 9.09. The lowest BCUT2D eigenvalue weighted by Crippen LogP contribution is -2.33. The fourth-order valence-corrected chi connectivity index (χ4v) is 1.64. The Hall–Kier alpha value is -0.970. The van der Waals surface area contributed by atoms with E-state index in [2.05, 4.69) is 26.2 Å². The van der Waals surface area contributed by atoms with Gasteiger partial charge in [0.25, 0.3) is 5.91 Å². The summed E-state index contributed by atoms with van der Waals surface area (Å²) in [5, 5.41) is 3.64. The van der Waals surface area contributed by atoms with Crippen LogP contribution in [0, 0.1) is 5.82 Å². The van der Waals surface area contributed by atoms with Crippen LogP contribution in [0.5, 0.6) is 0 Å². The van der Waals surface area contributed by atoms with E-state index in [1.807, 2.05) is 6.92 Å². The van der Waals surface area contributed by atoms with Crippen LogP contribution < -0.4 is 5.32 Å². The van der Waals surface area contributed by atoms with Crippen molar-refractivity contribution >= 4 is 21.8 Å². The predicted octanol–water partition coefficient (Wildman–Crippen LogP) is 2.51. The van der Waals surface area contributed by atoms with Crippen LogP contribution in [0.2, 0.25) is 0 Å². The summed E-state index contributed by atoms with van der Waals surface area (Å²) >= 11 is 3.32. The summed E-state index contributed by atoms with van der Waals surface area (Å²) in [7, 11) is 0. The maximum atomic E-state index is 13.2. The molecule has 0 aliphatic heterocycles. The summed E-state index contributed by atoms with van der Waals surface area (Å²) in [6.07, 6.45) is 4.28. The van der Waals surface area contributed by atoms with Crippen molar-refractivity contribution in [2.45, 2.75) is 25.8 Å². The van der Waals surface area contributed by atoms with Crippen LogP contribution in [-0.4, -0.2) is 22.3 Å². The molecule has 1 atom stereocenters. The molecule has 88 valence electrons. The number of nitrogens with one attached hydrogen (secondary N) is 1. The van der Waals surface area contributed by atoms with Crippen LogP contribution in [0.1, 0.15) is 30.1 Å². The Bertz CT molecular complexity index is 360. The maximum Gasteiger partial charge on any atom is 0.254 e. The second-order valence-electron chi connectivity index (χ2n) is 3.56. The number of aromatic nitrogens is 1. The van der Waals surface area contributed by atoms with Crippen molar-refractivity contribution in [1.29, 1.82) is 0 Å². The lowest BCUT2D eigenvalue weighted by atomic mass is 10.1. The molecule has 1 aromatic rings. The van der Waals surface area contributed by atoms with Gasteiger partial charge in [0.15, 0.2) is 5.82 Å². The van der Waals surface area contributed by atoms with Gasteiger partial charge in [0.2, 0.25) is 0 Å². The molecule has 0 spiro atoms. The van der Waals surface area contributed by atoms with Crippen molar-refractivity contribution in [3.8, 4) is 0 Å². The van der Waals surface area contributed by atoms with E-state index in [-0.39, 0.29) is 17.5 Å². The Labute approximate surface area is 103 Å². The molecule has 0 fully saturated rings. The molecule has 0 saturated carbocycles. The summed E-state index contributed by atoms with van der Waals surface area (Å²) in [5.74, 6) is -0.977. The number of halogens is 2. The molecule has 0 saturated heterocycles. The smallest absolute Gasteiger partial charge is 0.254 e. The summed E-state index contributed by atoms with van der Waals surface area (Å²) in [6.45, 7) is 1.90. The van der Waals surface area contributed by atoms with Gasteiger partial charge in [0.1, 0.15) is 0 Å². The zero-order valence-corrected chi connectivity index (χ0v) is 10.6. The molecule has 1 rings (SSSR count). The molecule has 0 radical (unpaired) electrons. The first-order valence-electron chi connectivity index (χ1n) is 5.11. The first kappa shape index (κ1) is 13.1. The first-order chi connectivity index (χ1) is 7.65. The van der Waals surface area contributed by atoms with Crippen molar-refractivity contribution in [2.75, 3.05) is 5.33 Å². The van der Waals surface area contributed by atoms with Gasteiger partial charge < -0.3 is 5.32 Å². The van der Waals surface area contributed by atoms with E-state index in [1.165, 1.54) is 12.3 Å². The molecular formula is C11H14BrFN2O. The van der Waals surface area contributed by atoms with Gasteiger partial charge in [0, 0.05) is 17.6 Å². The number of hydrogen-bond acceptors (Lipinski definition) is 2. The summed E-state index contributed by atoms with van der Waals surface area (Å²) < 4.78 is 13.2. The number of alkyl halides is 1. The molecule has 5 heteroatoms. The first-order valence-corrected chi connectivity index (χ1v) is 6.23. The number of nitrogens with zero attached hydrogens (tertiary/aromatic N) is 1. The largest absolute Gasteiger partial charge is 0.349 e. The second-order valence-corrected chi connectivity index (χ2v) is 4.35. The lowest BCUT2D eigenvalue weighted by Gasteiger charge is -2.13. The molecule has 0 aliphatic carbocycles. The Kier molecular flexibility index (Phi) is 5.38. The van der Waals surface area contributed by atoms with E-state index in [4.69, 9.17) is 0 Å². The average Bonchev–Trinajstić information content (AvgIpc) is 2.26. The molecule has 1 aromatic heterocycles. The molecule has 1 unspecified atom stereocenters. The Morgan fingerprint density at radius 3 is 3.06 bits per heavy atom. The topological polar surface area (TPSA) is 42.0 Å². The van der Waals surface area contributed by atoms with Crippen LogP contribution in [-0.2, 0) is 0 Å². The predicted molar refractivity (Wildman–Crippen MR) is 64.2 cm³/mol. The fraction of sp³-hybridized carbons (Fsp3) is 0.455. The third kappa shape index (κ3) is 3.89. The molecule has 0 bridgehead atoms. The van der Waals surface area contributed by atoms with Crippen LogP contribution >= 0.6 is 15.9 Å². The average molecular weight is 289 g/mol. The van der Waals surface area contributed by atoms with Crippen molar-refractivity contribution in [2.24, 2.45) is 0 Å². The van der Waals surface area contributed by atoms with Gasteiger partial charge in [-0.25, -0.2) is 4.39 Å². The summed E-state index contributed by atoms with van der Waals surface area (Å²) in [4.78, 5) is 15.2. The minimum absolute atomic E-state index is 0.0395. The quantitative estimate of drug-likeness (QED) is 0.846. The van der Waals surface area contributed by atoms with E-state index < -0.39 is 5.82 Å². The minimum Gasteiger partial charge on any atom is -0.349 e. The monoisotopic (exact) mass is 288 g/mol. The Morgan fingerprint density at radius 2 is 2.44 bits per heavy atom. The second kappa shape index (κ2) is 6.58. The molecule has 1 amide bonds. The van der Waals surface area contributed by atoms with E-state index in [1.54, 1.807) is 0 Å². The number of pyridine rings is 1. The van der Waals surface area contributed by atoms with Crippen LogP contribution in [0.3, 0.4) is 0 Å². The van der Waals surface area contributed by atoms with Gasteiger partial charge in [0.05, 0.1) is 11.8 Å². The van der Waals surface area contributed by atoms with Crippen LogP contribution in [0.4, 0.5) is 4.39 Å². The van der Waals surface area contributed by atoms with Gasteiger partial charge in [-0.3, -0.25) is 9.78 Å². The maximum absolute atomic E-state index is 13.2. The van der Waals surface area contributed by atoms with Crippen molar-refractivity contribution < 1.29 is 9.18 Å². The standard InChI is InChI=1S/C11H14BrFN2O/c1-8(3-2-5-12)15-11(16)9-4-6-14-7-10(9)13/h4,6-8H,2-3,5H2,1H3,(H,15,16). The van der Waals surface area contributed by atoms with Gasteiger partial charge in [-0.1, -0.05) is 15.9 Å². The van der Waals surface area contributed by atoms with Gasteiger partial charge >= 0.3 is 0 Å². The van der Waals surface area contributed by atoms with Crippen molar-refractivity contribution in [1.82, 2.24) is 10.3 Å². The van der Waals surface area contributed by atoms with E-state index in [0.717, 1.165) is 24.4 Å². The molecule has 0 aliphatic rings. The lowest BCUT2D eigenvalue weighted by molar-refractivity contribution is 0.0934. The molecule has 1 N–H and O–H groups in total. The number of amides is 1. The minimum atomic E-state index is -0.590. The van der Waals surface area contributed by atoms with Gasteiger partial charge in [-0.05, 0) is 25.8 Å². The highest BCUT2D eigenvalue weighted by Crippen LogP contribution is 2.06. The molecule has 3 nitrogen and oxygen atoms in total. The summed E-state index contributed by atoms with van der Waals surface area (Å²) in [6, 6.07) is 1.42. The van der Waals surface area contributed by atoms with Crippen molar-refractivity contribution in [3.63, 3.8) is 0 Å². The third-order valence-electron chi connectivity index (χ3n) is 2.17. The van der Waals surface area contributed by atoms with Crippen LogP contribution in [0.15, 0.2) is 18.5 Å². The van der Waals surface area contributed by atoms with E-state index >= 15 is 0 Å². The normalized spacial score (nSPS) is 12.2. The SMILES string of the molecule is CC(CCCBr)NC(=O)c1ccncc1F. The van der Waals surface area contributed by atoms with E-state index in [0.29, 0.717) is 0 Å². The Balaban J connectivity index is 2.56. The zero-order valence-electron chi connectivity index (χ0n) is 9.04. The van der Waals surface area contributed by atoms with E-state index in [9.17, 15) is 9.18 Å². The molecule has 0 aromatic carbocycles. The molecule has 16 heavy (non-hydrogen) atoms. The van der Waals surface area contributed by atoms with Crippen LogP contribution in [0.25, 0.3) is 0 Å². The zero-order chi connectivity index (χ0) is 12.0. The molecule has 1 heterocycles. The number of carbonyl (C=O) groups excluding carboxylic acids is 1. The number of carbonyl (C=O) groups is 1. The van der Waals surface area contributed by atoms with Gasteiger partial charge in [-0.2, -0.15) is 0 Å². The number of hydrogen-bond donors (Lipinski definition) is 1. The fourth-order valence-electron chi connectivity index (χ4n) is 1.32. The Morgan fingerprint density at radius 1 is 1.69 bits per heavy atom. The highest BCUT2D eigenvalue weighted by Gasteiger charge is 2.13. The van der Waals surface area contributed by atoms with Crippen molar-refractivity contribution in [3.05, 3.63) is 29.8 Å². The molecular weight excluding hydrogens is 275 g/mol.